The summed E-state index contributed by atoms with van der Waals surface area (Å²) in [5, 5.41) is 0.799. The molecule has 116 valence electrons. The van der Waals surface area contributed by atoms with Crippen molar-refractivity contribution in [2.75, 3.05) is 24.6 Å². The highest BCUT2D eigenvalue weighted by molar-refractivity contribution is 5.89. The number of carbonyl (C=O) groups is 1. The molecule has 0 aliphatic carbocycles. The fraction of sp³-hybridized carbons (Fsp3) is 0.438. The average molecular weight is 303 g/mol. The number of nitrogens with zero attached hydrogens (tertiary/aromatic N) is 3. The van der Waals surface area contributed by atoms with E-state index in [9.17, 15) is 9.18 Å². The summed E-state index contributed by atoms with van der Waals surface area (Å²) in [5.41, 5.74) is 0.572. The lowest BCUT2D eigenvalue weighted by Crippen LogP contribution is -2.40. The number of hydrogen-bond acceptors (Lipinski definition) is 5. The summed E-state index contributed by atoms with van der Waals surface area (Å²) in [6.07, 6.45) is 3.16. The largest absolute Gasteiger partial charge is 0.466 e. The number of halogens is 1. The van der Waals surface area contributed by atoms with Crippen LogP contribution in [0.3, 0.4) is 0 Å². The normalized spacial score (nSPS) is 18.5. The number of esters is 1. The Bertz CT molecular complexity index is 692. The Balaban J connectivity index is 1.89. The van der Waals surface area contributed by atoms with Crippen molar-refractivity contribution in [1.82, 2.24) is 9.97 Å². The predicted molar refractivity (Wildman–Crippen MR) is 81.1 cm³/mol. The summed E-state index contributed by atoms with van der Waals surface area (Å²) < 4.78 is 18.4. The van der Waals surface area contributed by atoms with Crippen LogP contribution in [0.15, 0.2) is 24.5 Å². The van der Waals surface area contributed by atoms with Crippen LogP contribution in [0.2, 0.25) is 0 Å². The average Bonchev–Trinajstić information content (AvgIpc) is 2.54. The molecule has 1 aliphatic heterocycles. The van der Waals surface area contributed by atoms with E-state index in [1.807, 2.05) is 6.92 Å². The van der Waals surface area contributed by atoms with Crippen molar-refractivity contribution in [2.45, 2.75) is 19.8 Å². The van der Waals surface area contributed by atoms with Gasteiger partial charge in [0.2, 0.25) is 0 Å². The maximum Gasteiger partial charge on any atom is 0.310 e. The van der Waals surface area contributed by atoms with Crippen molar-refractivity contribution in [3.8, 4) is 0 Å². The molecule has 2 aromatic rings. The highest BCUT2D eigenvalue weighted by atomic mass is 19.1. The molecular formula is C16H18FN3O2. The third-order valence-corrected chi connectivity index (χ3v) is 3.92. The van der Waals surface area contributed by atoms with E-state index >= 15 is 0 Å². The molecule has 0 amide bonds. The van der Waals surface area contributed by atoms with Gasteiger partial charge in [-0.3, -0.25) is 4.79 Å². The van der Waals surface area contributed by atoms with Crippen molar-refractivity contribution >= 4 is 22.7 Å². The van der Waals surface area contributed by atoms with Crippen molar-refractivity contribution in [2.24, 2.45) is 5.92 Å². The lowest BCUT2D eigenvalue weighted by Gasteiger charge is -2.32. The minimum Gasteiger partial charge on any atom is -0.466 e. The second-order valence-corrected chi connectivity index (χ2v) is 5.40. The standard InChI is InChI=1S/C16H18FN3O2/c1-2-22-16(21)11-4-3-7-20(9-11)15-13-6-5-12(17)8-14(13)18-10-19-15/h5-6,8,10-11H,2-4,7,9H2,1H3. The van der Waals surface area contributed by atoms with Gasteiger partial charge >= 0.3 is 5.97 Å². The van der Waals surface area contributed by atoms with E-state index in [4.69, 9.17) is 4.74 Å². The third kappa shape index (κ3) is 2.86. The quantitative estimate of drug-likeness (QED) is 0.816. The molecule has 1 unspecified atom stereocenters. The molecule has 0 radical (unpaired) electrons. The Hall–Kier alpha value is -2.24. The van der Waals surface area contributed by atoms with E-state index in [0.29, 0.717) is 18.7 Å². The molecule has 22 heavy (non-hydrogen) atoms. The number of carbonyl (C=O) groups excluding carboxylic acids is 1. The number of hydrogen-bond donors (Lipinski definition) is 0. The number of benzene rings is 1. The number of aromatic nitrogens is 2. The maximum atomic E-state index is 13.3. The third-order valence-electron chi connectivity index (χ3n) is 3.92. The molecule has 1 aromatic heterocycles. The van der Waals surface area contributed by atoms with Gasteiger partial charge in [-0.15, -0.1) is 0 Å². The van der Waals surface area contributed by atoms with Crippen LogP contribution in [0.4, 0.5) is 10.2 Å². The minimum atomic E-state index is -0.319. The second-order valence-electron chi connectivity index (χ2n) is 5.40. The molecule has 1 aliphatic rings. The van der Waals surface area contributed by atoms with Gasteiger partial charge in [-0.2, -0.15) is 0 Å². The van der Waals surface area contributed by atoms with Gasteiger partial charge in [0.1, 0.15) is 18.0 Å². The van der Waals surface area contributed by atoms with Gasteiger partial charge in [0.25, 0.3) is 0 Å². The molecule has 1 saturated heterocycles. The number of rotatable bonds is 3. The fourth-order valence-electron chi connectivity index (χ4n) is 2.89. The van der Waals surface area contributed by atoms with Crippen LogP contribution < -0.4 is 4.90 Å². The molecule has 6 heteroatoms. The van der Waals surface area contributed by atoms with Crippen molar-refractivity contribution in [3.63, 3.8) is 0 Å². The van der Waals surface area contributed by atoms with E-state index in [2.05, 4.69) is 14.9 Å². The molecule has 2 heterocycles. The topological polar surface area (TPSA) is 55.3 Å². The Kier molecular flexibility index (Phi) is 4.18. The molecule has 5 nitrogen and oxygen atoms in total. The van der Waals surface area contributed by atoms with Crippen LogP contribution in [-0.4, -0.2) is 35.6 Å². The zero-order valence-corrected chi connectivity index (χ0v) is 12.5. The predicted octanol–water partition coefficient (Wildman–Crippen LogP) is 2.55. The van der Waals surface area contributed by atoms with Crippen molar-refractivity contribution < 1.29 is 13.9 Å². The Morgan fingerprint density at radius 3 is 3.14 bits per heavy atom. The zero-order valence-electron chi connectivity index (χ0n) is 12.5. The summed E-state index contributed by atoms with van der Waals surface area (Å²) in [5.74, 6) is 0.134. The van der Waals surface area contributed by atoms with E-state index < -0.39 is 0 Å². The minimum absolute atomic E-state index is 0.140. The van der Waals surface area contributed by atoms with Crippen LogP contribution >= 0.6 is 0 Å². The summed E-state index contributed by atoms with van der Waals surface area (Å²) in [6.45, 7) is 3.59. The van der Waals surface area contributed by atoms with Crippen molar-refractivity contribution in [3.05, 3.63) is 30.3 Å². The first-order valence-electron chi connectivity index (χ1n) is 7.51. The van der Waals surface area contributed by atoms with Crippen LogP contribution in [0.5, 0.6) is 0 Å². The fourth-order valence-corrected chi connectivity index (χ4v) is 2.89. The van der Waals surface area contributed by atoms with Gasteiger partial charge < -0.3 is 9.64 Å². The molecule has 1 aromatic carbocycles. The first kappa shape index (κ1) is 14.7. The van der Waals surface area contributed by atoms with E-state index in [-0.39, 0.29) is 17.7 Å². The summed E-state index contributed by atoms with van der Waals surface area (Å²) in [6, 6.07) is 4.49. The number of fused-ring (bicyclic) bond motifs is 1. The lowest BCUT2D eigenvalue weighted by molar-refractivity contribution is -0.148. The number of piperidine rings is 1. The summed E-state index contributed by atoms with van der Waals surface area (Å²) in [4.78, 5) is 22.5. The van der Waals surface area contributed by atoms with Gasteiger partial charge in [-0.25, -0.2) is 14.4 Å². The number of ether oxygens (including phenoxy) is 1. The maximum absolute atomic E-state index is 13.3. The molecule has 0 saturated carbocycles. The van der Waals surface area contributed by atoms with E-state index in [0.717, 1.165) is 30.6 Å². The second kappa shape index (κ2) is 6.25. The van der Waals surface area contributed by atoms with Crippen molar-refractivity contribution in [1.29, 1.82) is 0 Å². The van der Waals surface area contributed by atoms with E-state index in [1.165, 1.54) is 18.5 Å². The Morgan fingerprint density at radius 2 is 2.32 bits per heavy atom. The molecule has 3 rings (SSSR count). The first-order chi connectivity index (χ1) is 10.7. The molecule has 1 fully saturated rings. The van der Waals surface area contributed by atoms with Crippen LogP contribution in [0.25, 0.3) is 10.9 Å². The van der Waals surface area contributed by atoms with Gasteiger partial charge in [0.05, 0.1) is 18.0 Å². The highest BCUT2D eigenvalue weighted by Gasteiger charge is 2.28. The van der Waals surface area contributed by atoms with Gasteiger partial charge in [0.15, 0.2) is 0 Å². The van der Waals surface area contributed by atoms with Crippen LogP contribution in [-0.2, 0) is 9.53 Å². The van der Waals surface area contributed by atoms with Gasteiger partial charge in [0, 0.05) is 24.5 Å². The zero-order chi connectivity index (χ0) is 15.5. The molecule has 0 N–H and O–H groups in total. The Morgan fingerprint density at radius 1 is 1.45 bits per heavy atom. The number of anilines is 1. The van der Waals surface area contributed by atoms with Gasteiger partial charge in [-0.05, 0) is 31.9 Å². The van der Waals surface area contributed by atoms with Crippen LogP contribution in [0, 0.1) is 11.7 Å². The highest BCUT2D eigenvalue weighted by Crippen LogP contribution is 2.28. The Labute approximate surface area is 128 Å². The van der Waals surface area contributed by atoms with E-state index in [1.54, 1.807) is 6.07 Å². The molecule has 1 atom stereocenters. The smallest absolute Gasteiger partial charge is 0.310 e. The van der Waals surface area contributed by atoms with Crippen LogP contribution in [0.1, 0.15) is 19.8 Å². The first-order valence-corrected chi connectivity index (χ1v) is 7.51. The molecular weight excluding hydrogens is 285 g/mol. The molecule has 0 spiro atoms. The lowest BCUT2D eigenvalue weighted by atomic mass is 9.98. The van der Waals surface area contributed by atoms with Gasteiger partial charge in [-0.1, -0.05) is 0 Å². The molecule has 0 bridgehead atoms. The monoisotopic (exact) mass is 303 g/mol. The summed E-state index contributed by atoms with van der Waals surface area (Å²) in [7, 11) is 0. The SMILES string of the molecule is CCOC(=O)C1CCCN(c2ncnc3cc(F)ccc23)C1. The summed E-state index contributed by atoms with van der Waals surface area (Å²) >= 11 is 0.